The Labute approximate surface area is 169 Å². The van der Waals surface area contributed by atoms with Gasteiger partial charge in [0.15, 0.2) is 5.78 Å². The van der Waals surface area contributed by atoms with Crippen LogP contribution in [-0.2, 0) is 0 Å². The van der Waals surface area contributed by atoms with E-state index >= 15 is 0 Å². The molecule has 0 bridgehead atoms. The molecule has 3 aromatic rings. The van der Waals surface area contributed by atoms with E-state index in [0.717, 1.165) is 0 Å². The molecule has 29 heavy (non-hydrogen) atoms. The third-order valence-electron chi connectivity index (χ3n) is 4.14. The van der Waals surface area contributed by atoms with Gasteiger partial charge in [0.2, 0.25) is 0 Å². The molecule has 0 saturated carbocycles. The Morgan fingerprint density at radius 2 is 1.72 bits per heavy atom. The quantitative estimate of drug-likeness (QED) is 0.224. The zero-order valence-corrected chi connectivity index (χ0v) is 15.8. The first-order valence-corrected chi connectivity index (χ1v) is 8.65. The van der Waals surface area contributed by atoms with Gasteiger partial charge < -0.3 is 4.42 Å². The van der Waals surface area contributed by atoms with Crippen LogP contribution in [0.4, 0.5) is 11.4 Å². The summed E-state index contributed by atoms with van der Waals surface area (Å²) in [4.78, 5) is 33.4. The van der Waals surface area contributed by atoms with Crippen LogP contribution in [0.3, 0.4) is 0 Å². The minimum atomic E-state index is -0.562. The Bertz CT molecular complexity index is 1170. The van der Waals surface area contributed by atoms with E-state index < -0.39 is 15.6 Å². The zero-order chi connectivity index (χ0) is 21.1. The van der Waals surface area contributed by atoms with Gasteiger partial charge in [0.05, 0.1) is 15.4 Å². The first kappa shape index (κ1) is 20.0. The number of rotatable bonds is 6. The topological polar surface area (TPSA) is 116 Å². The standard InChI is InChI=1S/C20H13ClN2O6/c1-12-2-3-13(10-17(12)22(25)26)19(24)8-5-15-6-9-20(29-15)16-7-4-14(21)11-18(16)23(27)28/h2-11H,1H3/b8-5+. The molecular formula is C20H13ClN2O6. The van der Waals surface area contributed by atoms with Crippen LogP contribution in [0.15, 0.2) is 59.0 Å². The van der Waals surface area contributed by atoms with Crippen molar-refractivity contribution in [3.63, 3.8) is 0 Å². The highest BCUT2D eigenvalue weighted by Gasteiger charge is 2.18. The number of hydrogen-bond acceptors (Lipinski definition) is 6. The summed E-state index contributed by atoms with van der Waals surface area (Å²) in [6.45, 7) is 1.59. The fourth-order valence-electron chi connectivity index (χ4n) is 2.66. The number of halogens is 1. The van der Waals surface area contributed by atoms with Crippen molar-refractivity contribution in [3.05, 3.63) is 96.7 Å². The molecule has 0 atom stereocenters. The van der Waals surface area contributed by atoms with E-state index in [9.17, 15) is 25.0 Å². The highest BCUT2D eigenvalue weighted by molar-refractivity contribution is 6.30. The number of nitro groups is 2. The fraction of sp³-hybridized carbons (Fsp3) is 0.0500. The van der Waals surface area contributed by atoms with Gasteiger partial charge in [-0.3, -0.25) is 25.0 Å². The van der Waals surface area contributed by atoms with Crippen LogP contribution in [0.1, 0.15) is 21.7 Å². The second-order valence-electron chi connectivity index (χ2n) is 6.08. The summed E-state index contributed by atoms with van der Waals surface area (Å²) in [5.74, 6) is 0.0918. The Morgan fingerprint density at radius 1 is 1.00 bits per heavy atom. The van der Waals surface area contributed by atoms with Crippen molar-refractivity contribution >= 4 is 34.8 Å². The molecule has 0 spiro atoms. The molecule has 0 aliphatic rings. The Morgan fingerprint density at radius 3 is 2.41 bits per heavy atom. The molecule has 1 heterocycles. The summed E-state index contributed by atoms with van der Waals surface area (Å²) in [6.07, 6.45) is 2.60. The Kier molecular flexibility index (Phi) is 5.56. The van der Waals surface area contributed by atoms with E-state index in [2.05, 4.69) is 0 Å². The van der Waals surface area contributed by atoms with E-state index in [-0.39, 0.29) is 33.3 Å². The van der Waals surface area contributed by atoms with Crippen molar-refractivity contribution < 1.29 is 19.1 Å². The van der Waals surface area contributed by atoms with Gasteiger partial charge in [-0.2, -0.15) is 0 Å². The minimum absolute atomic E-state index is 0.139. The number of carbonyl (C=O) groups is 1. The lowest BCUT2D eigenvalue weighted by Gasteiger charge is -2.00. The summed E-state index contributed by atoms with van der Waals surface area (Å²) in [5, 5.41) is 22.5. The number of aryl methyl sites for hydroxylation is 1. The third kappa shape index (κ3) is 4.39. The first-order chi connectivity index (χ1) is 13.8. The number of benzene rings is 2. The first-order valence-electron chi connectivity index (χ1n) is 8.28. The summed E-state index contributed by atoms with van der Waals surface area (Å²) >= 11 is 5.81. The number of allylic oxidation sites excluding steroid dienone is 1. The van der Waals surface area contributed by atoms with Gasteiger partial charge in [0.25, 0.3) is 11.4 Å². The molecule has 0 amide bonds. The number of nitrogens with zero attached hydrogens (tertiary/aromatic N) is 2. The van der Waals surface area contributed by atoms with Crippen LogP contribution in [0.2, 0.25) is 5.02 Å². The van der Waals surface area contributed by atoms with Crippen molar-refractivity contribution in [3.8, 4) is 11.3 Å². The smallest absolute Gasteiger partial charge is 0.281 e. The van der Waals surface area contributed by atoms with Crippen molar-refractivity contribution in [1.82, 2.24) is 0 Å². The van der Waals surface area contributed by atoms with E-state index in [0.29, 0.717) is 11.3 Å². The monoisotopic (exact) mass is 412 g/mol. The van der Waals surface area contributed by atoms with Crippen LogP contribution < -0.4 is 0 Å². The normalized spacial score (nSPS) is 11.0. The number of nitro benzene ring substituents is 2. The third-order valence-corrected chi connectivity index (χ3v) is 4.37. The minimum Gasteiger partial charge on any atom is -0.456 e. The average molecular weight is 413 g/mol. The lowest BCUT2D eigenvalue weighted by Crippen LogP contribution is -1.98. The highest BCUT2D eigenvalue weighted by atomic mass is 35.5. The molecule has 0 radical (unpaired) electrons. The molecule has 0 aliphatic heterocycles. The van der Waals surface area contributed by atoms with E-state index in [1.54, 1.807) is 13.0 Å². The van der Waals surface area contributed by atoms with Crippen LogP contribution in [0.25, 0.3) is 17.4 Å². The van der Waals surface area contributed by atoms with Crippen LogP contribution in [0, 0.1) is 27.2 Å². The summed E-state index contributed by atoms with van der Waals surface area (Å²) in [5.41, 5.74) is 0.527. The average Bonchev–Trinajstić information content (AvgIpc) is 3.15. The Balaban J connectivity index is 1.85. The molecule has 0 unspecified atom stereocenters. The largest absolute Gasteiger partial charge is 0.456 e. The molecular weight excluding hydrogens is 400 g/mol. The molecule has 0 fully saturated rings. The van der Waals surface area contributed by atoms with Crippen LogP contribution >= 0.6 is 11.6 Å². The molecule has 146 valence electrons. The highest BCUT2D eigenvalue weighted by Crippen LogP contribution is 2.33. The molecule has 2 aromatic carbocycles. The molecule has 0 aliphatic carbocycles. The fourth-order valence-corrected chi connectivity index (χ4v) is 2.83. The van der Waals surface area contributed by atoms with E-state index in [1.807, 2.05) is 0 Å². The molecule has 8 nitrogen and oxygen atoms in total. The lowest BCUT2D eigenvalue weighted by atomic mass is 10.1. The van der Waals surface area contributed by atoms with Gasteiger partial charge in [-0.25, -0.2) is 0 Å². The molecule has 1 aromatic heterocycles. The molecule has 0 saturated heterocycles. The molecule has 0 N–H and O–H groups in total. The predicted molar refractivity (Wildman–Crippen MR) is 107 cm³/mol. The number of hydrogen-bond donors (Lipinski definition) is 0. The van der Waals surface area contributed by atoms with Crippen molar-refractivity contribution in [2.45, 2.75) is 6.92 Å². The number of ketones is 1. The number of carbonyl (C=O) groups excluding carboxylic acids is 1. The van der Waals surface area contributed by atoms with Gasteiger partial charge in [0, 0.05) is 28.3 Å². The van der Waals surface area contributed by atoms with Crippen molar-refractivity contribution in [2.75, 3.05) is 0 Å². The zero-order valence-electron chi connectivity index (χ0n) is 15.0. The Hall–Kier alpha value is -3.78. The summed E-state index contributed by atoms with van der Waals surface area (Å²) in [6, 6.07) is 11.5. The summed E-state index contributed by atoms with van der Waals surface area (Å²) < 4.78 is 5.57. The lowest BCUT2D eigenvalue weighted by molar-refractivity contribution is -0.385. The van der Waals surface area contributed by atoms with Crippen LogP contribution in [0.5, 0.6) is 0 Å². The van der Waals surface area contributed by atoms with Crippen molar-refractivity contribution in [2.24, 2.45) is 0 Å². The van der Waals surface area contributed by atoms with Gasteiger partial charge >= 0.3 is 0 Å². The van der Waals surface area contributed by atoms with E-state index in [1.165, 1.54) is 54.6 Å². The second kappa shape index (κ2) is 8.07. The van der Waals surface area contributed by atoms with Crippen molar-refractivity contribution in [1.29, 1.82) is 0 Å². The second-order valence-corrected chi connectivity index (χ2v) is 6.51. The van der Waals surface area contributed by atoms with Gasteiger partial charge in [-0.1, -0.05) is 23.7 Å². The predicted octanol–water partition coefficient (Wildman–Crippen LogP) is 5.62. The van der Waals surface area contributed by atoms with Gasteiger partial charge in [-0.05, 0) is 43.3 Å². The molecule has 3 rings (SSSR count). The number of furan rings is 1. The van der Waals surface area contributed by atoms with Gasteiger partial charge in [0.1, 0.15) is 11.5 Å². The SMILES string of the molecule is Cc1ccc(C(=O)/C=C/c2ccc(-c3ccc(Cl)cc3[N+](=O)[O-])o2)cc1[N+](=O)[O-]. The maximum atomic E-state index is 12.3. The van der Waals surface area contributed by atoms with E-state index in [4.69, 9.17) is 16.0 Å². The maximum absolute atomic E-state index is 12.3. The molecule has 9 heteroatoms. The maximum Gasteiger partial charge on any atom is 0.281 e. The van der Waals surface area contributed by atoms with Gasteiger partial charge in [-0.15, -0.1) is 0 Å². The van der Waals surface area contributed by atoms with Crippen LogP contribution in [-0.4, -0.2) is 15.6 Å². The summed E-state index contributed by atoms with van der Waals surface area (Å²) in [7, 11) is 0.